The van der Waals surface area contributed by atoms with Crippen LogP contribution in [0.3, 0.4) is 0 Å². The van der Waals surface area contributed by atoms with Gasteiger partial charge >= 0.3 is 0 Å². The van der Waals surface area contributed by atoms with E-state index in [1.165, 1.54) is 17.8 Å². The van der Waals surface area contributed by atoms with E-state index in [-0.39, 0.29) is 18.0 Å². The van der Waals surface area contributed by atoms with Gasteiger partial charge in [-0.2, -0.15) is 4.98 Å². The molecule has 20 heavy (non-hydrogen) atoms. The average Bonchev–Trinajstić information content (AvgIpc) is 3.06. The molecule has 1 aliphatic heterocycles. The van der Waals surface area contributed by atoms with Crippen LogP contribution >= 0.6 is 11.8 Å². The van der Waals surface area contributed by atoms with Crippen LogP contribution in [-0.4, -0.2) is 27.9 Å². The number of nitrogens with one attached hydrogen (secondary N) is 1. The fourth-order valence-corrected chi connectivity index (χ4v) is 2.86. The minimum Gasteiger partial charge on any atom is -0.392 e. The maximum Gasteiger partial charge on any atom is 0.243 e. The Morgan fingerprint density at radius 2 is 2.30 bits per heavy atom. The molecule has 2 aromatic rings. The van der Waals surface area contributed by atoms with E-state index in [2.05, 4.69) is 15.5 Å². The summed E-state index contributed by atoms with van der Waals surface area (Å²) in [4.78, 5) is 4.84. The van der Waals surface area contributed by atoms with Gasteiger partial charge in [-0.25, -0.2) is 4.39 Å². The Bertz CT molecular complexity index is 593. The molecule has 7 heteroatoms. The van der Waals surface area contributed by atoms with E-state index >= 15 is 0 Å². The first-order valence-electron chi connectivity index (χ1n) is 6.33. The second kappa shape index (κ2) is 5.90. The van der Waals surface area contributed by atoms with Crippen molar-refractivity contribution in [2.24, 2.45) is 0 Å². The fraction of sp³-hybridized carbons (Fsp3) is 0.385. The van der Waals surface area contributed by atoms with Crippen LogP contribution in [0.15, 0.2) is 33.7 Å². The van der Waals surface area contributed by atoms with Crippen molar-refractivity contribution in [3.63, 3.8) is 0 Å². The minimum atomic E-state index is -0.372. The predicted molar refractivity (Wildman–Crippen MR) is 71.6 cm³/mol. The van der Waals surface area contributed by atoms with Gasteiger partial charge in [0.25, 0.3) is 0 Å². The highest BCUT2D eigenvalue weighted by atomic mass is 32.2. The first-order valence-corrected chi connectivity index (χ1v) is 7.32. The number of aromatic nitrogens is 2. The van der Waals surface area contributed by atoms with Crippen LogP contribution in [0, 0.1) is 5.82 Å². The molecular formula is C13H14FN3O2S. The quantitative estimate of drug-likeness (QED) is 0.839. The summed E-state index contributed by atoms with van der Waals surface area (Å²) < 4.78 is 18.6. The molecule has 0 saturated carbocycles. The summed E-state index contributed by atoms with van der Waals surface area (Å²) >= 11 is 1.33. The summed E-state index contributed by atoms with van der Waals surface area (Å²) in [6.07, 6.45) is 0.199. The van der Waals surface area contributed by atoms with Gasteiger partial charge in [0.05, 0.1) is 17.9 Å². The number of aliphatic hydroxyl groups is 1. The Morgan fingerprint density at radius 3 is 3.05 bits per heavy atom. The van der Waals surface area contributed by atoms with E-state index < -0.39 is 0 Å². The number of rotatable bonds is 4. The normalized spacial score (nSPS) is 22.3. The number of nitrogens with zero attached hydrogens (tertiary/aromatic N) is 2. The van der Waals surface area contributed by atoms with Gasteiger partial charge in [0, 0.05) is 11.4 Å². The van der Waals surface area contributed by atoms with Crippen molar-refractivity contribution in [3.05, 3.63) is 41.8 Å². The second-order valence-electron chi connectivity index (χ2n) is 4.62. The third kappa shape index (κ3) is 3.00. The third-order valence-electron chi connectivity index (χ3n) is 3.08. The maximum absolute atomic E-state index is 13.5. The number of hydrogen-bond donors (Lipinski definition) is 2. The zero-order valence-corrected chi connectivity index (χ0v) is 11.4. The van der Waals surface area contributed by atoms with Gasteiger partial charge in [0.1, 0.15) is 5.82 Å². The van der Waals surface area contributed by atoms with Crippen molar-refractivity contribution in [1.29, 1.82) is 0 Å². The van der Waals surface area contributed by atoms with Crippen LogP contribution in [0.5, 0.6) is 0 Å². The third-order valence-corrected chi connectivity index (χ3v) is 4.13. The SMILES string of the molecule is O[C@H]1CN[C@@H](c2nc(CSc3ccccc3F)no2)C1. The first-order chi connectivity index (χ1) is 9.72. The molecule has 0 aliphatic carbocycles. The Kier molecular flexibility index (Phi) is 4.00. The first kappa shape index (κ1) is 13.5. The van der Waals surface area contributed by atoms with E-state index in [0.29, 0.717) is 35.3 Å². The predicted octanol–water partition coefficient (Wildman–Crippen LogP) is 1.90. The van der Waals surface area contributed by atoms with Gasteiger partial charge in [-0.05, 0) is 18.6 Å². The molecule has 0 radical (unpaired) electrons. The highest BCUT2D eigenvalue weighted by Crippen LogP contribution is 2.26. The second-order valence-corrected chi connectivity index (χ2v) is 5.64. The number of benzene rings is 1. The molecule has 1 fully saturated rings. The van der Waals surface area contributed by atoms with Crippen LogP contribution in [0.4, 0.5) is 4.39 Å². The molecule has 2 N–H and O–H groups in total. The lowest BCUT2D eigenvalue weighted by molar-refractivity contribution is 0.191. The van der Waals surface area contributed by atoms with Crippen LogP contribution in [0.2, 0.25) is 0 Å². The molecule has 0 bridgehead atoms. The Balaban J connectivity index is 1.62. The van der Waals surface area contributed by atoms with Crippen molar-refractivity contribution >= 4 is 11.8 Å². The number of aliphatic hydroxyl groups excluding tert-OH is 1. The number of halogens is 1. The van der Waals surface area contributed by atoms with Gasteiger partial charge in [0.15, 0.2) is 5.82 Å². The van der Waals surface area contributed by atoms with E-state index in [0.717, 1.165) is 0 Å². The van der Waals surface area contributed by atoms with Crippen molar-refractivity contribution < 1.29 is 14.0 Å². The molecule has 0 amide bonds. The largest absolute Gasteiger partial charge is 0.392 e. The topological polar surface area (TPSA) is 71.2 Å². The van der Waals surface area contributed by atoms with Gasteiger partial charge < -0.3 is 14.9 Å². The lowest BCUT2D eigenvalue weighted by atomic mass is 10.2. The monoisotopic (exact) mass is 295 g/mol. The number of β-amino-alcohol motifs (C(OH)–C–C–N with tert-alkyl or cyclic N) is 1. The molecule has 2 atom stereocenters. The van der Waals surface area contributed by atoms with Gasteiger partial charge in [-0.1, -0.05) is 17.3 Å². The van der Waals surface area contributed by atoms with E-state index in [9.17, 15) is 9.50 Å². The maximum atomic E-state index is 13.5. The van der Waals surface area contributed by atoms with Crippen molar-refractivity contribution in [1.82, 2.24) is 15.5 Å². The van der Waals surface area contributed by atoms with E-state index in [1.807, 2.05) is 0 Å². The summed E-state index contributed by atoms with van der Waals surface area (Å²) in [7, 11) is 0. The van der Waals surface area contributed by atoms with Crippen molar-refractivity contribution in [3.8, 4) is 0 Å². The Hall–Kier alpha value is -1.44. The minimum absolute atomic E-state index is 0.0929. The summed E-state index contributed by atoms with van der Waals surface area (Å²) in [5.74, 6) is 1.20. The standard InChI is InChI=1S/C13H14FN3O2S/c14-9-3-1-2-4-11(9)20-7-12-16-13(19-17-12)10-5-8(18)6-15-10/h1-4,8,10,15,18H,5-7H2/t8-,10-/m1/s1. The van der Waals surface area contributed by atoms with Crippen molar-refractivity contribution in [2.45, 2.75) is 29.2 Å². The van der Waals surface area contributed by atoms with Crippen molar-refractivity contribution in [2.75, 3.05) is 6.54 Å². The highest BCUT2D eigenvalue weighted by Gasteiger charge is 2.28. The molecule has 1 saturated heterocycles. The molecule has 1 aromatic carbocycles. The average molecular weight is 295 g/mol. The van der Waals surface area contributed by atoms with Crippen LogP contribution in [-0.2, 0) is 5.75 Å². The molecule has 106 valence electrons. The van der Waals surface area contributed by atoms with Gasteiger partial charge in [-0.15, -0.1) is 11.8 Å². The molecule has 3 rings (SSSR count). The molecule has 2 heterocycles. The summed E-state index contributed by atoms with van der Waals surface area (Å²) in [6.45, 7) is 0.534. The molecule has 1 aromatic heterocycles. The highest BCUT2D eigenvalue weighted by molar-refractivity contribution is 7.98. The summed E-state index contributed by atoms with van der Waals surface area (Å²) in [5, 5.41) is 16.4. The van der Waals surface area contributed by atoms with Crippen LogP contribution < -0.4 is 5.32 Å². The zero-order chi connectivity index (χ0) is 13.9. The lowest BCUT2D eigenvalue weighted by Crippen LogP contribution is -2.15. The van der Waals surface area contributed by atoms with Gasteiger partial charge in [0.2, 0.25) is 5.89 Å². The van der Waals surface area contributed by atoms with Gasteiger partial charge in [-0.3, -0.25) is 0 Å². The van der Waals surface area contributed by atoms with Crippen LogP contribution in [0.25, 0.3) is 0 Å². The lowest BCUT2D eigenvalue weighted by Gasteiger charge is -2.01. The smallest absolute Gasteiger partial charge is 0.243 e. The van der Waals surface area contributed by atoms with E-state index in [4.69, 9.17) is 4.52 Å². The van der Waals surface area contributed by atoms with Crippen LogP contribution in [0.1, 0.15) is 24.2 Å². The molecule has 0 spiro atoms. The Morgan fingerprint density at radius 1 is 1.45 bits per heavy atom. The Labute approximate surface area is 119 Å². The summed E-state index contributed by atoms with van der Waals surface area (Å²) in [6, 6.07) is 6.49. The molecular weight excluding hydrogens is 281 g/mol. The van der Waals surface area contributed by atoms with E-state index in [1.54, 1.807) is 18.2 Å². The number of hydrogen-bond acceptors (Lipinski definition) is 6. The zero-order valence-electron chi connectivity index (χ0n) is 10.6. The molecule has 1 aliphatic rings. The molecule has 5 nitrogen and oxygen atoms in total. The summed E-state index contributed by atoms with van der Waals surface area (Å²) in [5.41, 5.74) is 0. The molecule has 0 unspecified atom stereocenters. The fourth-order valence-electron chi connectivity index (χ4n) is 2.08. The number of thioether (sulfide) groups is 1.